The number of benzene rings is 2. The van der Waals surface area contributed by atoms with Crippen molar-refractivity contribution in [1.29, 1.82) is 0 Å². The van der Waals surface area contributed by atoms with E-state index in [1.165, 1.54) is 6.07 Å². The van der Waals surface area contributed by atoms with Gasteiger partial charge in [-0.2, -0.15) is 5.10 Å². The van der Waals surface area contributed by atoms with Crippen molar-refractivity contribution >= 4 is 26.7 Å². The molecule has 5 heteroatoms. The van der Waals surface area contributed by atoms with Crippen LogP contribution in [0.4, 0.5) is 4.39 Å². The fourth-order valence-corrected chi connectivity index (χ4v) is 2.86. The molecular formula is C16H12BrFN2O. The van der Waals surface area contributed by atoms with Crippen molar-refractivity contribution in [3.8, 4) is 11.3 Å². The molecule has 21 heavy (non-hydrogen) atoms. The first-order chi connectivity index (χ1) is 9.99. The van der Waals surface area contributed by atoms with E-state index in [0.29, 0.717) is 15.6 Å². The van der Waals surface area contributed by atoms with Gasteiger partial charge in [0.15, 0.2) is 0 Å². The van der Waals surface area contributed by atoms with Gasteiger partial charge in [-0.3, -0.25) is 4.79 Å². The van der Waals surface area contributed by atoms with Gasteiger partial charge in [-0.1, -0.05) is 12.1 Å². The van der Waals surface area contributed by atoms with Crippen molar-refractivity contribution in [2.45, 2.75) is 13.8 Å². The third kappa shape index (κ3) is 2.27. The third-order valence-electron chi connectivity index (χ3n) is 3.55. The lowest BCUT2D eigenvalue weighted by molar-refractivity contribution is 0.621. The van der Waals surface area contributed by atoms with Gasteiger partial charge in [0.2, 0.25) is 0 Å². The summed E-state index contributed by atoms with van der Waals surface area (Å²) in [6.07, 6.45) is 0. The summed E-state index contributed by atoms with van der Waals surface area (Å²) in [6, 6.07) is 8.57. The molecule has 3 nitrogen and oxygen atoms in total. The van der Waals surface area contributed by atoms with E-state index < -0.39 is 0 Å². The molecule has 106 valence electrons. The summed E-state index contributed by atoms with van der Waals surface area (Å²) in [6.45, 7) is 3.83. The van der Waals surface area contributed by atoms with Crippen molar-refractivity contribution < 1.29 is 4.39 Å². The van der Waals surface area contributed by atoms with Crippen molar-refractivity contribution in [3.05, 3.63) is 62.1 Å². The zero-order valence-electron chi connectivity index (χ0n) is 11.5. The summed E-state index contributed by atoms with van der Waals surface area (Å²) in [5.74, 6) is -0.333. The van der Waals surface area contributed by atoms with E-state index >= 15 is 0 Å². The lowest BCUT2D eigenvalue weighted by atomic mass is 9.98. The van der Waals surface area contributed by atoms with Gasteiger partial charge in [-0.15, -0.1) is 0 Å². The van der Waals surface area contributed by atoms with Crippen LogP contribution in [0.15, 0.2) is 39.6 Å². The van der Waals surface area contributed by atoms with Crippen LogP contribution in [0.25, 0.3) is 22.0 Å². The molecule has 0 aliphatic carbocycles. The number of fused-ring (bicyclic) bond motifs is 1. The third-order valence-corrected chi connectivity index (χ3v) is 4.16. The molecule has 1 N–H and O–H groups in total. The molecule has 0 saturated heterocycles. The van der Waals surface area contributed by atoms with Gasteiger partial charge in [0.25, 0.3) is 5.56 Å². The number of hydrogen-bond acceptors (Lipinski definition) is 2. The van der Waals surface area contributed by atoms with E-state index in [4.69, 9.17) is 0 Å². The molecule has 0 aliphatic rings. The minimum Gasteiger partial charge on any atom is -0.267 e. The fraction of sp³-hybridized carbons (Fsp3) is 0.125. The summed E-state index contributed by atoms with van der Waals surface area (Å²) < 4.78 is 13.8. The molecular weight excluding hydrogens is 335 g/mol. The summed E-state index contributed by atoms with van der Waals surface area (Å²) in [7, 11) is 0. The molecule has 1 aromatic heterocycles. The van der Waals surface area contributed by atoms with Gasteiger partial charge in [0.05, 0.1) is 15.6 Å². The fourth-order valence-electron chi connectivity index (χ4n) is 2.48. The first-order valence-corrected chi connectivity index (χ1v) is 7.22. The van der Waals surface area contributed by atoms with Gasteiger partial charge < -0.3 is 0 Å². The minimum atomic E-state index is -0.333. The highest BCUT2D eigenvalue weighted by Crippen LogP contribution is 2.30. The van der Waals surface area contributed by atoms with Crippen molar-refractivity contribution in [1.82, 2.24) is 10.2 Å². The number of aromatic amines is 1. The number of aromatic nitrogens is 2. The Morgan fingerprint density at radius 3 is 2.43 bits per heavy atom. The lowest BCUT2D eigenvalue weighted by Crippen LogP contribution is -2.11. The molecule has 0 aliphatic heterocycles. The van der Waals surface area contributed by atoms with Crippen LogP contribution >= 0.6 is 15.9 Å². The molecule has 0 spiro atoms. The van der Waals surface area contributed by atoms with E-state index in [-0.39, 0.29) is 11.4 Å². The predicted octanol–water partition coefficient (Wildman–Crippen LogP) is 4.11. The van der Waals surface area contributed by atoms with Crippen LogP contribution in [0.2, 0.25) is 0 Å². The maximum atomic E-state index is 13.4. The van der Waals surface area contributed by atoms with Gasteiger partial charge >= 0.3 is 0 Å². The first kappa shape index (κ1) is 13.9. The predicted molar refractivity (Wildman–Crippen MR) is 84.9 cm³/mol. The van der Waals surface area contributed by atoms with Crippen molar-refractivity contribution in [2.75, 3.05) is 0 Å². The Morgan fingerprint density at radius 2 is 1.76 bits per heavy atom. The average Bonchev–Trinajstić information content (AvgIpc) is 2.46. The number of aryl methyl sites for hydroxylation is 2. The zero-order chi connectivity index (χ0) is 15.1. The molecule has 1 heterocycles. The number of nitrogens with zero attached hydrogens (tertiary/aromatic N) is 1. The van der Waals surface area contributed by atoms with E-state index in [1.54, 1.807) is 12.1 Å². The summed E-state index contributed by atoms with van der Waals surface area (Å²) in [5.41, 5.74) is 3.03. The molecule has 0 atom stereocenters. The number of H-pyrrole nitrogens is 1. The van der Waals surface area contributed by atoms with Gasteiger partial charge in [0.1, 0.15) is 5.82 Å². The normalized spacial score (nSPS) is 11.0. The molecule has 0 radical (unpaired) electrons. The number of halogens is 2. The van der Waals surface area contributed by atoms with Crippen LogP contribution in [-0.4, -0.2) is 10.2 Å². The number of hydrogen-bond donors (Lipinski definition) is 1. The van der Waals surface area contributed by atoms with Crippen LogP contribution < -0.4 is 5.56 Å². The Balaban J connectivity index is 2.43. The Morgan fingerprint density at radius 1 is 1.10 bits per heavy atom. The Hall–Kier alpha value is -2.01. The highest BCUT2D eigenvalue weighted by Gasteiger charge is 2.14. The highest BCUT2D eigenvalue weighted by molar-refractivity contribution is 9.10. The quantitative estimate of drug-likeness (QED) is 0.720. The van der Waals surface area contributed by atoms with E-state index in [9.17, 15) is 9.18 Å². The molecule has 0 saturated carbocycles. The summed E-state index contributed by atoms with van der Waals surface area (Å²) in [4.78, 5) is 12.1. The topological polar surface area (TPSA) is 45.8 Å². The molecule has 0 fully saturated rings. The van der Waals surface area contributed by atoms with Crippen LogP contribution in [0.3, 0.4) is 0 Å². The van der Waals surface area contributed by atoms with Crippen LogP contribution in [0.1, 0.15) is 11.1 Å². The largest absolute Gasteiger partial charge is 0.272 e. The van der Waals surface area contributed by atoms with Crippen LogP contribution in [-0.2, 0) is 0 Å². The first-order valence-electron chi connectivity index (χ1n) is 6.43. The molecule has 0 amide bonds. The SMILES string of the molecule is Cc1ccc(C)c2c(=O)[nH]nc(-c3ccc(F)c(Br)c3)c12. The maximum Gasteiger partial charge on any atom is 0.272 e. The Kier molecular flexibility index (Phi) is 3.37. The molecule has 0 bridgehead atoms. The van der Waals surface area contributed by atoms with Crippen LogP contribution in [0, 0.1) is 19.7 Å². The zero-order valence-corrected chi connectivity index (χ0v) is 13.1. The second-order valence-corrected chi connectivity index (χ2v) is 5.83. The van der Waals surface area contributed by atoms with Gasteiger partial charge in [-0.25, -0.2) is 9.49 Å². The van der Waals surface area contributed by atoms with Crippen molar-refractivity contribution in [3.63, 3.8) is 0 Å². The van der Waals surface area contributed by atoms with Crippen LogP contribution in [0.5, 0.6) is 0 Å². The maximum absolute atomic E-state index is 13.4. The summed E-state index contributed by atoms with van der Waals surface area (Å²) >= 11 is 3.18. The standard InChI is InChI=1S/C16H12BrFN2O/c1-8-3-4-9(2)14-13(8)15(19-20-16(14)21)10-5-6-12(18)11(17)7-10/h3-7H,1-2H3,(H,20,21). The van der Waals surface area contributed by atoms with E-state index in [2.05, 4.69) is 26.1 Å². The molecule has 3 rings (SSSR count). The Bertz CT molecular complexity index is 918. The highest BCUT2D eigenvalue weighted by atomic mass is 79.9. The second-order valence-electron chi connectivity index (χ2n) is 4.98. The van der Waals surface area contributed by atoms with E-state index in [0.717, 1.165) is 22.1 Å². The van der Waals surface area contributed by atoms with Crippen molar-refractivity contribution in [2.24, 2.45) is 0 Å². The number of rotatable bonds is 1. The molecule has 3 aromatic rings. The smallest absolute Gasteiger partial charge is 0.267 e. The number of nitrogens with one attached hydrogen (secondary N) is 1. The minimum absolute atomic E-state index is 0.212. The average molecular weight is 347 g/mol. The summed E-state index contributed by atoms with van der Waals surface area (Å²) in [5, 5.41) is 8.13. The molecule has 0 unspecified atom stereocenters. The van der Waals surface area contributed by atoms with Gasteiger partial charge in [-0.05, 0) is 59.1 Å². The monoisotopic (exact) mass is 346 g/mol. The Labute approximate surface area is 129 Å². The molecule has 2 aromatic carbocycles. The lowest BCUT2D eigenvalue weighted by Gasteiger charge is -2.10. The second kappa shape index (κ2) is 5.07. The van der Waals surface area contributed by atoms with Gasteiger partial charge in [0, 0.05) is 10.9 Å². The van der Waals surface area contributed by atoms with E-state index in [1.807, 2.05) is 26.0 Å².